The molecule has 6 heteroatoms. The molecule has 2 aliphatic rings. The molecule has 0 spiro atoms. The van der Waals surface area contributed by atoms with E-state index in [0.29, 0.717) is 5.92 Å². The van der Waals surface area contributed by atoms with Gasteiger partial charge in [0.1, 0.15) is 5.75 Å². The molecule has 2 aromatic carbocycles. The summed E-state index contributed by atoms with van der Waals surface area (Å²) in [6, 6.07) is 13.7. The Balaban J connectivity index is 1.65. The second-order valence-electron chi connectivity index (χ2n) is 8.55. The van der Waals surface area contributed by atoms with Gasteiger partial charge in [-0.05, 0) is 68.1 Å². The second-order valence-corrected chi connectivity index (χ2v) is 8.55. The zero-order valence-electron chi connectivity index (χ0n) is 16.8. The predicted molar refractivity (Wildman–Crippen MR) is 113 cm³/mol. The molecule has 1 aromatic heterocycles. The molecule has 150 valence electrons. The van der Waals surface area contributed by atoms with Crippen molar-refractivity contribution < 1.29 is 9.66 Å². The third-order valence-electron chi connectivity index (χ3n) is 7.03. The minimum absolute atomic E-state index is 0.0564. The summed E-state index contributed by atoms with van der Waals surface area (Å²) in [7, 11) is 3.90. The maximum atomic E-state index is 11.3. The van der Waals surface area contributed by atoms with Crippen LogP contribution in [0.5, 0.6) is 5.75 Å². The van der Waals surface area contributed by atoms with E-state index in [1.807, 2.05) is 12.1 Å². The minimum atomic E-state index is -0.309. The number of nitrogens with zero attached hydrogens (tertiary/aromatic N) is 2. The van der Waals surface area contributed by atoms with Crippen molar-refractivity contribution in [2.75, 3.05) is 27.2 Å². The molecule has 5 rings (SSSR count). The number of H-pyrrole nitrogens is 1. The van der Waals surface area contributed by atoms with Gasteiger partial charge in [-0.2, -0.15) is 0 Å². The van der Waals surface area contributed by atoms with Crippen LogP contribution in [-0.4, -0.2) is 42.1 Å². The van der Waals surface area contributed by atoms with Gasteiger partial charge in [0.15, 0.2) is 0 Å². The van der Waals surface area contributed by atoms with Gasteiger partial charge in [0.2, 0.25) is 0 Å². The van der Waals surface area contributed by atoms with Crippen LogP contribution in [0.25, 0.3) is 10.9 Å². The van der Waals surface area contributed by atoms with Crippen LogP contribution in [0, 0.1) is 16.0 Å². The number of rotatable bonds is 3. The Bertz CT molecular complexity index is 1110. The number of nitrogens with one attached hydrogen (secondary N) is 1. The largest absolute Gasteiger partial charge is 0.497 e. The Morgan fingerprint density at radius 1 is 1.28 bits per heavy atom. The number of aromatic nitrogens is 1. The fraction of sp³-hybridized carbons (Fsp3) is 0.391. The Kier molecular flexibility index (Phi) is 4.13. The van der Waals surface area contributed by atoms with Crippen molar-refractivity contribution in [1.82, 2.24) is 9.88 Å². The molecule has 2 unspecified atom stereocenters. The summed E-state index contributed by atoms with van der Waals surface area (Å²) in [5, 5.41) is 12.3. The van der Waals surface area contributed by atoms with E-state index in [2.05, 4.69) is 35.1 Å². The number of hydrogen-bond acceptors (Lipinski definition) is 4. The van der Waals surface area contributed by atoms with Gasteiger partial charge in [0.05, 0.1) is 12.0 Å². The number of benzene rings is 2. The normalized spacial score (nSPS) is 24.1. The molecule has 1 fully saturated rings. The lowest BCUT2D eigenvalue weighted by Crippen LogP contribution is -2.52. The molecule has 0 amide bonds. The highest BCUT2D eigenvalue weighted by molar-refractivity contribution is 5.87. The van der Waals surface area contributed by atoms with Gasteiger partial charge in [-0.1, -0.05) is 12.1 Å². The molecular formula is C23H25N3O3. The average Bonchev–Trinajstić information content (AvgIpc) is 3.08. The number of ether oxygens (including phenoxy) is 1. The van der Waals surface area contributed by atoms with Gasteiger partial charge in [-0.15, -0.1) is 0 Å². The summed E-state index contributed by atoms with van der Waals surface area (Å²) >= 11 is 0. The minimum Gasteiger partial charge on any atom is -0.497 e. The summed E-state index contributed by atoms with van der Waals surface area (Å²) in [5.74, 6) is 1.35. The number of methoxy groups -OCH3 is 1. The first kappa shape index (κ1) is 18.2. The van der Waals surface area contributed by atoms with Crippen LogP contribution in [0.15, 0.2) is 42.5 Å². The fourth-order valence-corrected chi connectivity index (χ4v) is 5.50. The molecular weight excluding hydrogens is 366 g/mol. The van der Waals surface area contributed by atoms with Crippen molar-refractivity contribution in [3.05, 3.63) is 69.4 Å². The van der Waals surface area contributed by atoms with Crippen LogP contribution in [0.4, 0.5) is 5.69 Å². The zero-order chi connectivity index (χ0) is 20.2. The van der Waals surface area contributed by atoms with E-state index in [1.165, 1.54) is 16.8 Å². The summed E-state index contributed by atoms with van der Waals surface area (Å²) in [6.07, 6.45) is 2.95. The van der Waals surface area contributed by atoms with E-state index in [9.17, 15) is 10.1 Å². The first-order valence-corrected chi connectivity index (χ1v) is 10.1. The van der Waals surface area contributed by atoms with Gasteiger partial charge in [-0.25, -0.2) is 0 Å². The fourth-order valence-electron chi connectivity index (χ4n) is 5.50. The van der Waals surface area contributed by atoms with Gasteiger partial charge in [0.25, 0.3) is 5.69 Å². The first-order chi connectivity index (χ1) is 14.0. The number of nitro benzene ring substituents is 1. The summed E-state index contributed by atoms with van der Waals surface area (Å²) in [4.78, 5) is 17.0. The van der Waals surface area contributed by atoms with Gasteiger partial charge < -0.3 is 14.6 Å². The second kappa shape index (κ2) is 6.59. The van der Waals surface area contributed by atoms with Crippen molar-refractivity contribution in [3.63, 3.8) is 0 Å². The van der Waals surface area contributed by atoms with Crippen LogP contribution in [0.2, 0.25) is 0 Å². The van der Waals surface area contributed by atoms with Crippen LogP contribution < -0.4 is 4.74 Å². The molecule has 1 N–H and O–H groups in total. The van der Waals surface area contributed by atoms with E-state index in [-0.39, 0.29) is 16.0 Å². The van der Waals surface area contributed by atoms with E-state index >= 15 is 0 Å². The van der Waals surface area contributed by atoms with Crippen LogP contribution in [0.3, 0.4) is 0 Å². The molecule has 3 aromatic rings. The molecule has 0 radical (unpaired) electrons. The number of likely N-dealkylation sites (tertiary alicyclic amines) is 1. The van der Waals surface area contributed by atoms with Crippen molar-refractivity contribution in [2.24, 2.45) is 5.92 Å². The van der Waals surface area contributed by atoms with Crippen LogP contribution in [-0.2, 0) is 18.3 Å². The monoisotopic (exact) mass is 391 g/mol. The number of nitro groups is 1. The topological polar surface area (TPSA) is 71.4 Å². The number of hydrogen-bond donors (Lipinski definition) is 1. The number of aromatic amines is 1. The van der Waals surface area contributed by atoms with E-state index in [1.54, 1.807) is 19.2 Å². The number of piperidine rings is 1. The van der Waals surface area contributed by atoms with Gasteiger partial charge in [-0.3, -0.25) is 10.1 Å². The maximum Gasteiger partial charge on any atom is 0.270 e. The smallest absolute Gasteiger partial charge is 0.270 e. The summed E-state index contributed by atoms with van der Waals surface area (Å²) in [6.45, 7) is 2.09. The highest BCUT2D eigenvalue weighted by atomic mass is 16.6. The Hall–Kier alpha value is -2.86. The van der Waals surface area contributed by atoms with Gasteiger partial charge >= 0.3 is 0 Å². The maximum absolute atomic E-state index is 11.3. The van der Waals surface area contributed by atoms with Gasteiger partial charge in [0, 0.05) is 40.7 Å². The van der Waals surface area contributed by atoms with E-state index in [0.717, 1.165) is 49.0 Å². The first-order valence-electron chi connectivity index (χ1n) is 10.1. The third-order valence-corrected chi connectivity index (χ3v) is 7.03. The van der Waals surface area contributed by atoms with Crippen LogP contribution >= 0.6 is 0 Å². The van der Waals surface area contributed by atoms with Crippen LogP contribution in [0.1, 0.15) is 23.2 Å². The molecule has 1 aliphatic heterocycles. The van der Waals surface area contributed by atoms with E-state index < -0.39 is 0 Å². The highest BCUT2D eigenvalue weighted by Gasteiger charge is 2.47. The highest BCUT2D eigenvalue weighted by Crippen LogP contribution is 2.49. The predicted octanol–water partition coefficient (Wildman–Crippen LogP) is 4.07. The molecule has 2 atom stereocenters. The molecule has 1 aliphatic carbocycles. The number of fused-ring (bicyclic) bond motifs is 4. The SMILES string of the molecule is COc1cccc(C23CCN(C)CC2Cc2c([nH]c4ccc([N+](=O)[O-])cc24)C3)c1. The third kappa shape index (κ3) is 2.82. The standard InChI is InChI=1S/C23H25N3O3/c1-25-9-8-23(15-4-3-5-18(10-15)29-2)13-22-19(11-16(23)14-25)20-12-17(26(27)28)6-7-21(20)24-22/h3-7,10,12,16,24H,8-9,11,13-14H2,1-2H3. The van der Waals surface area contributed by atoms with E-state index in [4.69, 9.17) is 4.74 Å². The Morgan fingerprint density at radius 2 is 2.14 bits per heavy atom. The zero-order valence-corrected chi connectivity index (χ0v) is 16.8. The quantitative estimate of drug-likeness (QED) is 0.540. The molecule has 6 nitrogen and oxygen atoms in total. The summed E-state index contributed by atoms with van der Waals surface area (Å²) in [5.41, 5.74) is 5.02. The van der Waals surface area contributed by atoms with Crippen molar-refractivity contribution in [1.29, 1.82) is 0 Å². The lowest BCUT2D eigenvalue weighted by Gasteiger charge is -2.50. The average molecular weight is 391 g/mol. The summed E-state index contributed by atoms with van der Waals surface area (Å²) < 4.78 is 5.51. The molecule has 0 bridgehead atoms. The molecule has 1 saturated heterocycles. The lowest BCUT2D eigenvalue weighted by atomic mass is 9.59. The molecule has 0 saturated carbocycles. The lowest BCUT2D eigenvalue weighted by molar-refractivity contribution is -0.384. The van der Waals surface area contributed by atoms with Crippen molar-refractivity contribution >= 4 is 16.6 Å². The van der Waals surface area contributed by atoms with Crippen molar-refractivity contribution in [2.45, 2.75) is 24.7 Å². The number of non-ortho nitro benzene ring substituents is 1. The molecule has 29 heavy (non-hydrogen) atoms. The Morgan fingerprint density at radius 3 is 2.93 bits per heavy atom. The molecule has 2 heterocycles. The van der Waals surface area contributed by atoms with Crippen molar-refractivity contribution in [3.8, 4) is 5.75 Å². The Labute approximate surface area is 169 Å².